The van der Waals surface area contributed by atoms with Crippen molar-refractivity contribution in [2.45, 2.75) is 46.3 Å². The molecule has 4 nitrogen and oxygen atoms in total. The molecule has 0 saturated heterocycles. The van der Waals surface area contributed by atoms with Crippen molar-refractivity contribution in [1.29, 1.82) is 0 Å². The van der Waals surface area contributed by atoms with Gasteiger partial charge in [-0.15, -0.1) is 24.0 Å². The first kappa shape index (κ1) is 18.0. The van der Waals surface area contributed by atoms with Crippen molar-refractivity contribution in [2.24, 2.45) is 16.3 Å². The molecular weight excluding hydrogens is 341 g/mol. The van der Waals surface area contributed by atoms with Gasteiger partial charge in [0.15, 0.2) is 5.96 Å². The monoisotopic (exact) mass is 369 g/mol. The van der Waals surface area contributed by atoms with Gasteiger partial charge in [-0.05, 0) is 17.8 Å². The zero-order chi connectivity index (χ0) is 13.1. The van der Waals surface area contributed by atoms with Gasteiger partial charge in [0.1, 0.15) is 0 Å². The second-order valence-electron chi connectivity index (χ2n) is 6.01. The molecule has 1 aliphatic carbocycles. The van der Waals surface area contributed by atoms with Crippen LogP contribution < -0.4 is 10.6 Å². The van der Waals surface area contributed by atoms with Crippen LogP contribution in [0, 0.1) is 11.3 Å². The molecule has 18 heavy (non-hydrogen) atoms. The lowest BCUT2D eigenvalue weighted by Gasteiger charge is -2.30. The smallest absolute Gasteiger partial charge is 0.191 e. The highest BCUT2D eigenvalue weighted by molar-refractivity contribution is 14.0. The minimum atomic E-state index is 0. The first-order chi connectivity index (χ1) is 7.88. The Morgan fingerprint density at radius 1 is 1.44 bits per heavy atom. The molecule has 0 aromatic carbocycles. The van der Waals surface area contributed by atoms with E-state index in [4.69, 9.17) is 4.74 Å². The van der Waals surface area contributed by atoms with Gasteiger partial charge in [0, 0.05) is 26.7 Å². The first-order valence-electron chi connectivity index (χ1n) is 6.38. The second-order valence-corrected chi connectivity index (χ2v) is 6.01. The van der Waals surface area contributed by atoms with Crippen LogP contribution in [0.4, 0.5) is 0 Å². The number of rotatable bonds is 4. The summed E-state index contributed by atoms with van der Waals surface area (Å²) in [7, 11) is 3.57. The number of ether oxygens (including phenoxy) is 1. The van der Waals surface area contributed by atoms with E-state index in [1.54, 1.807) is 14.2 Å². The van der Waals surface area contributed by atoms with Crippen molar-refractivity contribution in [2.75, 3.05) is 20.7 Å². The van der Waals surface area contributed by atoms with E-state index in [-0.39, 0.29) is 35.5 Å². The van der Waals surface area contributed by atoms with Crippen molar-refractivity contribution in [3.8, 4) is 0 Å². The zero-order valence-electron chi connectivity index (χ0n) is 12.4. The fourth-order valence-electron chi connectivity index (χ4n) is 1.83. The highest BCUT2D eigenvalue weighted by Crippen LogP contribution is 2.28. The maximum atomic E-state index is 5.51. The highest BCUT2D eigenvalue weighted by atomic mass is 127. The number of aliphatic imine (C=N–C) groups is 1. The Labute approximate surface area is 128 Å². The third-order valence-corrected chi connectivity index (χ3v) is 3.36. The minimum absolute atomic E-state index is 0. The summed E-state index contributed by atoms with van der Waals surface area (Å²) >= 11 is 0. The molecule has 0 aromatic heterocycles. The zero-order valence-corrected chi connectivity index (χ0v) is 14.7. The molecule has 0 bridgehead atoms. The van der Waals surface area contributed by atoms with Crippen molar-refractivity contribution < 1.29 is 4.74 Å². The summed E-state index contributed by atoms with van der Waals surface area (Å²) in [5, 5.41) is 6.74. The first-order valence-corrected chi connectivity index (χ1v) is 6.38. The summed E-state index contributed by atoms with van der Waals surface area (Å²) in [5.41, 5.74) is 0.132. The molecule has 0 radical (unpaired) electrons. The second kappa shape index (κ2) is 7.53. The van der Waals surface area contributed by atoms with Gasteiger partial charge in [-0.3, -0.25) is 4.99 Å². The molecule has 5 heteroatoms. The highest BCUT2D eigenvalue weighted by Gasteiger charge is 2.33. The standard InChI is InChI=1S/C13H27N3O.HI/c1-9-7-10(9)16-12(14-5)15-8-11(17-6)13(2,3)4;/h9-11H,7-8H2,1-6H3,(H2,14,15,16);1H. The van der Waals surface area contributed by atoms with E-state index in [1.165, 1.54) is 6.42 Å². The fraction of sp³-hybridized carbons (Fsp3) is 0.923. The van der Waals surface area contributed by atoms with Crippen molar-refractivity contribution >= 4 is 29.9 Å². The minimum Gasteiger partial charge on any atom is -0.379 e. The van der Waals surface area contributed by atoms with Gasteiger partial charge in [-0.25, -0.2) is 0 Å². The lowest BCUT2D eigenvalue weighted by atomic mass is 9.89. The molecule has 0 heterocycles. The van der Waals surface area contributed by atoms with Crippen LogP contribution in [0.25, 0.3) is 0 Å². The van der Waals surface area contributed by atoms with Gasteiger partial charge in [-0.2, -0.15) is 0 Å². The predicted molar refractivity (Wildman–Crippen MR) is 87.7 cm³/mol. The van der Waals surface area contributed by atoms with Crippen LogP contribution in [0.3, 0.4) is 0 Å². The van der Waals surface area contributed by atoms with Crippen LogP contribution in [-0.2, 0) is 4.74 Å². The molecule has 0 spiro atoms. The molecule has 1 fully saturated rings. The Hall–Kier alpha value is -0.0400. The van der Waals surface area contributed by atoms with Gasteiger partial charge < -0.3 is 15.4 Å². The summed E-state index contributed by atoms with van der Waals surface area (Å²) < 4.78 is 5.51. The van der Waals surface area contributed by atoms with Crippen molar-refractivity contribution in [3.63, 3.8) is 0 Å². The average Bonchev–Trinajstić information content (AvgIpc) is 2.91. The number of methoxy groups -OCH3 is 1. The molecule has 1 saturated carbocycles. The molecule has 1 rings (SSSR count). The fourth-order valence-corrected chi connectivity index (χ4v) is 1.83. The molecular formula is C13H28IN3O. The maximum Gasteiger partial charge on any atom is 0.191 e. The SMILES string of the molecule is CN=C(NCC(OC)C(C)(C)C)NC1CC1C.I. The molecule has 3 atom stereocenters. The number of hydrogen-bond acceptors (Lipinski definition) is 2. The quantitative estimate of drug-likeness (QED) is 0.454. The molecule has 3 unspecified atom stereocenters. The van der Waals surface area contributed by atoms with Crippen LogP contribution in [0.5, 0.6) is 0 Å². The van der Waals surface area contributed by atoms with Crippen molar-refractivity contribution in [3.05, 3.63) is 0 Å². The summed E-state index contributed by atoms with van der Waals surface area (Å²) in [6.45, 7) is 9.57. The lowest BCUT2D eigenvalue weighted by molar-refractivity contribution is 0.0205. The summed E-state index contributed by atoms with van der Waals surface area (Å²) in [6.07, 6.45) is 1.42. The number of nitrogens with zero attached hydrogens (tertiary/aromatic N) is 1. The predicted octanol–water partition coefficient (Wildman–Crippen LogP) is 2.24. The summed E-state index contributed by atoms with van der Waals surface area (Å²) in [4.78, 5) is 4.23. The Bertz CT molecular complexity index is 276. The van der Waals surface area contributed by atoms with E-state index in [0.29, 0.717) is 6.04 Å². The summed E-state index contributed by atoms with van der Waals surface area (Å²) in [6, 6.07) is 0.594. The van der Waals surface area contributed by atoms with E-state index in [9.17, 15) is 0 Å². The van der Waals surface area contributed by atoms with Crippen LogP contribution in [0.2, 0.25) is 0 Å². The number of hydrogen-bond donors (Lipinski definition) is 2. The number of halogens is 1. The van der Waals surface area contributed by atoms with E-state index in [0.717, 1.165) is 18.4 Å². The van der Waals surface area contributed by atoms with E-state index in [2.05, 4.69) is 43.3 Å². The summed E-state index contributed by atoms with van der Waals surface area (Å²) in [5.74, 6) is 1.65. The van der Waals surface area contributed by atoms with Crippen LogP contribution >= 0.6 is 24.0 Å². The Balaban J connectivity index is 0.00000289. The van der Waals surface area contributed by atoms with Gasteiger partial charge in [0.2, 0.25) is 0 Å². The van der Waals surface area contributed by atoms with E-state index >= 15 is 0 Å². The molecule has 2 N–H and O–H groups in total. The molecule has 108 valence electrons. The molecule has 0 aliphatic heterocycles. The number of nitrogens with one attached hydrogen (secondary N) is 2. The molecule has 0 amide bonds. The van der Waals surface area contributed by atoms with Gasteiger partial charge in [-0.1, -0.05) is 27.7 Å². The third kappa shape index (κ3) is 5.73. The molecule has 0 aromatic rings. The van der Waals surface area contributed by atoms with E-state index < -0.39 is 0 Å². The third-order valence-electron chi connectivity index (χ3n) is 3.36. The van der Waals surface area contributed by atoms with Crippen LogP contribution in [0.1, 0.15) is 34.1 Å². The van der Waals surface area contributed by atoms with E-state index in [1.807, 2.05) is 0 Å². The van der Waals surface area contributed by atoms with Gasteiger partial charge in [0.05, 0.1) is 6.10 Å². The Kier molecular flexibility index (Phi) is 7.51. The normalized spacial score (nSPS) is 25.1. The Morgan fingerprint density at radius 2 is 2.00 bits per heavy atom. The number of guanidine groups is 1. The lowest BCUT2D eigenvalue weighted by Crippen LogP contribution is -2.46. The topological polar surface area (TPSA) is 45.7 Å². The average molecular weight is 369 g/mol. The van der Waals surface area contributed by atoms with Gasteiger partial charge >= 0.3 is 0 Å². The largest absolute Gasteiger partial charge is 0.379 e. The van der Waals surface area contributed by atoms with Gasteiger partial charge in [0.25, 0.3) is 0 Å². The Morgan fingerprint density at radius 3 is 2.33 bits per heavy atom. The molecule has 1 aliphatic rings. The van der Waals surface area contributed by atoms with Crippen LogP contribution in [-0.4, -0.2) is 38.8 Å². The van der Waals surface area contributed by atoms with Crippen molar-refractivity contribution in [1.82, 2.24) is 10.6 Å². The van der Waals surface area contributed by atoms with Crippen LogP contribution in [0.15, 0.2) is 4.99 Å². The maximum absolute atomic E-state index is 5.51.